The van der Waals surface area contributed by atoms with Gasteiger partial charge in [0.25, 0.3) is 0 Å². The van der Waals surface area contributed by atoms with Crippen LogP contribution >= 0.6 is 23.4 Å². The summed E-state index contributed by atoms with van der Waals surface area (Å²) in [6.07, 6.45) is 0. The van der Waals surface area contributed by atoms with E-state index < -0.39 is 0 Å². The van der Waals surface area contributed by atoms with Crippen molar-refractivity contribution in [3.8, 4) is 0 Å². The topological polar surface area (TPSA) is 51.8 Å². The van der Waals surface area contributed by atoms with Crippen LogP contribution in [0.3, 0.4) is 0 Å². The Morgan fingerprint density at radius 1 is 1.00 bits per heavy atom. The van der Waals surface area contributed by atoms with E-state index in [1.807, 2.05) is 30.3 Å². The van der Waals surface area contributed by atoms with Crippen molar-refractivity contribution in [2.45, 2.75) is 9.92 Å². The van der Waals surface area contributed by atoms with Gasteiger partial charge in [-0.15, -0.1) is 10.2 Å². The van der Waals surface area contributed by atoms with Gasteiger partial charge in [-0.2, -0.15) is 0 Å². The molecule has 0 saturated heterocycles. The van der Waals surface area contributed by atoms with E-state index in [1.165, 1.54) is 11.8 Å². The second-order valence-corrected chi connectivity index (χ2v) is 4.38. The van der Waals surface area contributed by atoms with Crippen LogP contribution in [0, 0.1) is 0 Å². The van der Waals surface area contributed by atoms with Crippen LogP contribution in [0.2, 0.25) is 5.02 Å². The van der Waals surface area contributed by atoms with Crippen LogP contribution in [0.1, 0.15) is 0 Å². The third kappa shape index (κ3) is 2.84. The molecule has 0 amide bonds. The lowest BCUT2D eigenvalue weighted by Gasteiger charge is -1.99. The number of hydrogen-bond donors (Lipinski definition) is 1. The van der Waals surface area contributed by atoms with E-state index in [9.17, 15) is 0 Å². The van der Waals surface area contributed by atoms with Crippen LogP contribution in [0.5, 0.6) is 0 Å². The molecular weight excluding hydrogens is 230 g/mol. The summed E-state index contributed by atoms with van der Waals surface area (Å²) in [7, 11) is 0. The quantitative estimate of drug-likeness (QED) is 0.873. The van der Waals surface area contributed by atoms with Crippen LogP contribution in [0.15, 0.2) is 46.3 Å². The van der Waals surface area contributed by atoms with Gasteiger partial charge in [0.05, 0.1) is 0 Å². The summed E-state index contributed by atoms with van der Waals surface area (Å²) < 4.78 is 0. The Labute approximate surface area is 96.7 Å². The van der Waals surface area contributed by atoms with E-state index in [4.69, 9.17) is 17.3 Å². The van der Waals surface area contributed by atoms with Gasteiger partial charge in [-0.05, 0) is 36.4 Å². The fourth-order valence-corrected chi connectivity index (χ4v) is 1.87. The van der Waals surface area contributed by atoms with E-state index in [2.05, 4.69) is 10.2 Å². The Morgan fingerprint density at radius 2 is 1.73 bits per heavy atom. The van der Waals surface area contributed by atoms with Crippen LogP contribution in [0.4, 0.5) is 5.82 Å². The lowest BCUT2D eigenvalue weighted by Crippen LogP contribution is -1.92. The fraction of sp³-hybridized carbons (Fsp3) is 0. The first kappa shape index (κ1) is 10.3. The number of nitrogens with two attached hydrogens (primary N) is 1. The Bertz CT molecular complexity index is 398. The summed E-state index contributed by atoms with van der Waals surface area (Å²) in [4.78, 5) is 1.07. The van der Waals surface area contributed by atoms with Crippen molar-refractivity contribution in [3.63, 3.8) is 0 Å². The zero-order chi connectivity index (χ0) is 10.7. The second kappa shape index (κ2) is 4.51. The first-order chi connectivity index (χ1) is 7.24. The summed E-state index contributed by atoms with van der Waals surface area (Å²) in [5.74, 6) is 0.426. The molecule has 1 heterocycles. The van der Waals surface area contributed by atoms with Gasteiger partial charge in [0.1, 0.15) is 10.8 Å². The number of hydrogen-bond acceptors (Lipinski definition) is 4. The predicted octanol–water partition coefficient (Wildman–Crippen LogP) is 2.86. The average molecular weight is 238 g/mol. The Balaban J connectivity index is 2.15. The first-order valence-corrected chi connectivity index (χ1v) is 5.46. The molecule has 2 rings (SSSR count). The summed E-state index contributed by atoms with van der Waals surface area (Å²) in [6, 6.07) is 11.1. The number of benzene rings is 1. The largest absolute Gasteiger partial charge is 0.382 e. The molecule has 15 heavy (non-hydrogen) atoms. The van der Waals surface area contributed by atoms with Crippen LogP contribution in [-0.4, -0.2) is 10.2 Å². The van der Waals surface area contributed by atoms with Crippen molar-refractivity contribution in [2.75, 3.05) is 5.73 Å². The summed E-state index contributed by atoms with van der Waals surface area (Å²) in [5.41, 5.74) is 5.44. The molecule has 0 saturated carbocycles. The zero-order valence-electron chi connectivity index (χ0n) is 7.72. The van der Waals surface area contributed by atoms with Gasteiger partial charge >= 0.3 is 0 Å². The molecule has 1 aromatic carbocycles. The standard InChI is InChI=1S/C10H8ClN3S/c11-7-1-3-8(4-2-7)15-10-6-5-9(12)13-14-10/h1-6H,(H2,12,13). The average Bonchev–Trinajstić information content (AvgIpc) is 2.25. The minimum absolute atomic E-state index is 0.426. The van der Waals surface area contributed by atoms with Gasteiger partial charge in [0.2, 0.25) is 0 Å². The van der Waals surface area contributed by atoms with Crippen molar-refractivity contribution in [1.29, 1.82) is 0 Å². The highest BCUT2D eigenvalue weighted by Crippen LogP contribution is 2.26. The SMILES string of the molecule is Nc1ccc(Sc2ccc(Cl)cc2)nn1. The molecule has 0 radical (unpaired) electrons. The van der Waals surface area contributed by atoms with E-state index in [0.29, 0.717) is 5.82 Å². The van der Waals surface area contributed by atoms with Crippen LogP contribution in [0.25, 0.3) is 0 Å². The van der Waals surface area contributed by atoms with E-state index in [-0.39, 0.29) is 0 Å². The highest BCUT2D eigenvalue weighted by Gasteiger charge is 1.99. The van der Waals surface area contributed by atoms with Crippen molar-refractivity contribution in [1.82, 2.24) is 10.2 Å². The van der Waals surface area contributed by atoms with Gasteiger partial charge in [-0.1, -0.05) is 23.4 Å². The molecule has 0 aliphatic rings. The summed E-state index contributed by atoms with van der Waals surface area (Å²) >= 11 is 7.30. The van der Waals surface area contributed by atoms with E-state index >= 15 is 0 Å². The molecule has 0 aliphatic carbocycles. The molecule has 2 N–H and O–H groups in total. The number of aromatic nitrogens is 2. The maximum absolute atomic E-state index is 5.78. The number of anilines is 1. The van der Waals surface area contributed by atoms with Gasteiger partial charge in [0, 0.05) is 9.92 Å². The third-order valence-corrected chi connectivity index (χ3v) is 2.88. The van der Waals surface area contributed by atoms with Crippen LogP contribution < -0.4 is 5.73 Å². The summed E-state index contributed by atoms with van der Waals surface area (Å²) in [6.45, 7) is 0. The first-order valence-electron chi connectivity index (χ1n) is 4.27. The molecule has 0 bridgehead atoms. The Kier molecular flexibility index (Phi) is 3.08. The molecule has 0 fully saturated rings. The zero-order valence-corrected chi connectivity index (χ0v) is 9.29. The maximum Gasteiger partial charge on any atom is 0.146 e. The summed E-state index contributed by atoms with van der Waals surface area (Å²) in [5, 5.41) is 9.26. The van der Waals surface area contributed by atoms with Gasteiger partial charge < -0.3 is 5.73 Å². The third-order valence-electron chi connectivity index (χ3n) is 1.70. The van der Waals surface area contributed by atoms with Crippen molar-refractivity contribution in [2.24, 2.45) is 0 Å². The van der Waals surface area contributed by atoms with Gasteiger partial charge in [-0.25, -0.2) is 0 Å². The lowest BCUT2D eigenvalue weighted by molar-refractivity contribution is 0.939. The lowest BCUT2D eigenvalue weighted by atomic mass is 10.4. The molecule has 5 heteroatoms. The molecule has 0 unspecified atom stereocenters. The molecule has 3 nitrogen and oxygen atoms in total. The van der Waals surface area contributed by atoms with Crippen molar-refractivity contribution >= 4 is 29.2 Å². The van der Waals surface area contributed by atoms with Crippen molar-refractivity contribution < 1.29 is 0 Å². The number of halogens is 1. The smallest absolute Gasteiger partial charge is 0.146 e. The Morgan fingerprint density at radius 3 is 2.33 bits per heavy atom. The molecule has 1 aromatic heterocycles. The minimum atomic E-state index is 0.426. The normalized spacial score (nSPS) is 10.2. The number of nitrogen functional groups attached to an aromatic ring is 1. The molecule has 0 aliphatic heterocycles. The van der Waals surface area contributed by atoms with Crippen LogP contribution in [-0.2, 0) is 0 Å². The molecule has 0 atom stereocenters. The number of rotatable bonds is 2. The molecular formula is C10H8ClN3S. The maximum atomic E-state index is 5.78. The highest BCUT2D eigenvalue weighted by molar-refractivity contribution is 7.99. The monoisotopic (exact) mass is 237 g/mol. The molecule has 0 spiro atoms. The van der Waals surface area contributed by atoms with E-state index in [0.717, 1.165) is 14.9 Å². The van der Waals surface area contributed by atoms with Gasteiger partial charge in [0.15, 0.2) is 0 Å². The fourth-order valence-electron chi connectivity index (χ4n) is 1.01. The minimum Gasteiger partial charge on any atom is -0.382 e. The molecule has 76 valence electrons. The van der Waals surface area contributed by atoms with Gasteiger partial charge in [-0.3, -0.25) is 0 Å². The highest BCUT2D eigenvalue weighted by atomic mass is 35.5. The van der Waals surface area contributed by atoms with Crippen molar-refractivity contribution in [3.05, 3.63) is 41.4 Å². The Hall–Kier alpha value is -1.26. The van der Waals surface area contributed by atoms with E-state index in [1.54, 1.807) is 6.07 Å². The molecule has 2 aromatic rings. The predicted molar refractivity (Wildman–Crippen MR) is 62.0 cm³/mol. The second-order valence-electron chi connectivity index (χ2n) is 2.85. The number of nitrogens with zero attached hydrogens (tertiary/aromatic N) is 2.